The summed E-state index contributed by atoms with van der Waals surface area (Å²) in [5.74, 6) is 3.53. The van der Waals surface area contributed by atoms with Gasteiger partial charge in [-0.25, -0.2) is 0 Å². The van der Waals surface area contributed by atoms with Crippen LogP contribution in [-0.4, -0.2) is 19.5 Å². The summed E-state index contributed by atoms with van der Waals surface area (Å²) in [6.07, 6.45) is 21.4. The van der Waals surface area contributed by atoms with E-state index in [4.69, 9.17) is 25.8 Å². The van der Waals surface area contributed by atoms with Crippen molar-refractivity contribution in [3.63, 3.8) is 0 Å². The number of benzene rings is 8. The molecule has 6 nitrogen and oxygen atoms in total. The average molecular weight is 1240 g/mol. The molecule has 1 radical (unpaired) electrons. The SMILES string of the molecule is C1=C\CC/C=C\CC/1.CC(C)[C@@H]1CC[C@@H](C)C[C@H]1Op1oc2ccc3ccccc3c2c2c(ccc3ccccc32)o1.CC(C)[C@@H]1CC[C@@H](C)C[C@H]1Op1oc2ccc3ccccc3c2c2c(ccc3ccccc32)o1.F[B-](F)(F)F.[Rh]. The van der Waals surface area contributed by atoms with Gasteiger partial charge in [-0.15, -0.1) is 0 Å². The molecule has 2 heterocycles. The van der Waals surface area contributed by atoms with Crippen molar-refractivity contribution < 1.29 is 62.6 Å². The molecule has 82 heavy (non-hydrogen) atoms. The van der Waals surface area contributed by atoms with Gasteiger partial charge < -0.3 is 34.0 Å². The molecule has 433 valence electrons. The maximum absolute atomic E-state index is 9.75. The van der Waals surface area contributed by atoms with Crippen LogP contribution in [0.5, 0.6) is 0 Å². The van der Waals surface area contributed by atoms with Crippen LogP contribution >= 0.6 is 16.5 Å². The van der Waals surface area contributed by atoms with Crippen molar-refractivity contribution in [2.75, 3.05) is 0 Å². The van der Waals surface area contributed by atoms with E-state index in [1.807, 2.05) is 0 Å². The van der Waals surface area contributed by atoms with E-state index in [0.717, 1.165) is 56.7 Å². The van der Waals surface area contributed by atoms with Gasteiger partial charge in [0.05, 0.1) is 12.2 Å². The van der Waals surface area contributed by atoms with E-state index >= 15 is 0 Å². The van der Waals surface area contributed by atoms with E-state index in [9.17, 15) is 17.3 Å². The molecule has 0 aliphatic heterocycles. The van der Waals surface area contributed by atoms with Crippen LogP contribution in [0.25, 0.3) is 87.0 Å². The topological polar surface area (TPSA) is 71.0 Å². The second kappa shape index (κ2) is 27.9. The second-order valence-electron chi connectivity index (χ2n) is 23.0. The molecule has 0 amide bonds. The first kappa shape index (κ1) is 61.0. The van der Waals surface area contributed by atoms with Crippen molar-refractivity contribution in [1.82, 2.24) is 0 Å². The Morgan fingerprint density at radius 1 is 0.402 bits per heavy atom. The minimum Gasteiger partial charge on any atom is -0.418 e. The van der Waals surface area contributed by atoms with Crippen LogP contribution < -0.4 is 9.05 Å². The Morgan fingerprint density at radius 2 is 0.659 bits per heavy atom. The number of fused-ring (bicyclic) bond motifs is 14. The minimum absolute atomic E-state index is 0. The molecule has 0 bridgehead atoms. The van der Waals surface area contributed by atoms with E-state index in [1.54, 1.807) is 0 Å². The van der Waals surface area contributed by atoms with Crippen LogP contribution in [0.15, 0.2) is 187 Å². The molecule has 3 aliphatic rings. The smallest absolute Gasteiger partial charge is 0.418 e. The summed E-state index contributed by atoms with van der Waals surface area (Å²) < 4.78 is 78.8. The molecule has 0 spiro atoms. The molecular formula is C68H74BF4O6P2Rh-. The minimum atomic E-state index is -6.00. The molecular weight excluding hydrogens is 1160 g/mol. The first-order valence-electron chi connectivity index (χ1n) is 29.1. The fraction of sp³-hybridized carbons (Fsp3) is 0.353. The largest absolute Gasteiger partial charge is 0.673 e. The van der Waals surface area contributed by atoms with Gasteiger partial charge in [0.1, 0.15) is 22.3 Å². The van der Waals surface area contributed by atoms with Gasteiger partial charge in [-0.1, -0.05) is 200 Å². The van der Waals surface area contributed by atoms with E-state index < -0.39 is 23.7 Å². The third-order valence-electron chi connectivity index (χ3n) is 16.5. The maximum atomic E-state index is 9.75. The van der Waals surface area contributed by atoms with Gasteiger partial charge in [0.25, 0.3) is 0 Å². The van der Waals surface area contributed by atoms with Crippen LogP contribution in [-0.2, 0) is 19.5 Å². The molecule has 0 saturated heterocycles. The van der Waals surface area contributed by atoms with Crippen molar-refractivity contribution in [2.45, 2.75) is 118 Å². The van der Waals surface area contributed by atoms with Gasteiger partial charge in [0.2, 0.25) is 0 Å². The predicted octanol–water partition coefficient (Wildman–Crippen LogP) is 22.9. The number of rotatable bonds is 6. The van der Waals surface area contributed by atoms with Crippen LogP contribution in [0.4, 0.5) is 17.3 Å². The zero-order chi connectivity index (χ0) is 56.6. The monoisotopic (exact) mass is 1240 g/mol. The number of hydrogen-bond acceptors (Lipinski definition) is 6. The van der Waals surface area contributed by atoms with Crippen LogP contribution in [0.2, 0.25) is 0 Å². The number of allylic oxidation sites excluding steroid dienone is 4. The molecule has 3 aliphatic carbocycles. The summed E-state index contributed by atoms with van der Waals surface area (Å²) in [4.78, 5) is 0. The summed E-state index contributed by atoms with van der Waals surface area (Å²) >= 11 is 0. The normalized spacial score (nSPS) is 21.0. The van der Waals surface area contributed by atoms with Crippen LogP contribution in [0.3, 0.4) is 0 Å². The summed E-state index contributed by atoms with van der Waals surface area (Å²) in [7, 11) is -9.15. The third kappa shape index (κ3) is 14.8. The standard InChI is InChI=1S/2C30H31O3P.C8H12.BF4.Rh/c2*1-19(2)23-15-12-20(3)18-28(23)33-34-31-26-16-13-21-8-4-6-10-24(21)29(26)30-25-11-7-5-9-22(25)14-17-27(30)32-34;1-2-4-6-8-7-5-3-1;2-1(3,4)5;/h2*4-11,13-14,16-17,19-20,23,28H,12,15,18H2,1-3H3;1-2,7-8H,3-6H2;;/q;;;-1;/b;;2-1-,8-7-;;/t2*20-,23+,28-;;;/m11.../s1. The molecule has 14 heteroatoms. The first-order chi connectivity index (χ1) is 39.2. The summed E-state index contributed by atoms with van der Waals surface area (Å²) in [6.45, 7) is 13.9. The van der Waals surface area contributed by atoms with Crippen molar-refractivity contribution in [1.29, 1.82) is 0 Å². The zero-order valence-electron chi connectivity index (χ0n) is 47.6. The Balaban J connectivity index is 0.000000161. The van der Waals surface area contributed by atoms with E-state index in [-0.39, 0.29) is 31.7 Å². The van der Waals surface area contributed by atoms with Crippen molar-refractivity contribution in [3.8, 4) is 0 Å². The molecule has 0 N–H and O–H groups in total. The predicted molar refractivity (Wildman–Crippen MR) is 333 cm³/mol. The molecule has 0 unspecified atom stereocenters. The molecule has 6 atom stereocenters. The van der Waals surface area contributed by atoms with Crippen LogP contribution in [0.1, 0.15) is 106 Å². The van der Waals surface area contributed by atoms with E-state index in [1.165, 1.54) is 94.5 Å². The average Bonchev–Trinajstić information content (AvgIpc) is 3.88. The van der Waals surface area contributed by atoms with Gasteiger partial charge in [0, 0.05) is 41.0 Å². The Kier molecular flexibility index (Phi) is 20.7. The van der Waals surface area contributed by atoms with Crippen molar-refractivity contribution in [3.05, 3.63) is 170 Å². The molecule has 10 aromatic rings. The molecule has 2 aromatic heterocycles. The number of halogens is 4. The maximum Gasteiger partial charge on any atom is 0.673 e. The van der Waals surface area contributed by atoms with E-state index in [0.29, 0.717) is 35.5 Å². The summed E-state index contributed by atoms with van der Waals surface area (Å²) in [6, 6.07) is 50.9. The summed E-state index contributed by atoms with van der Waals surface area (Å²) in [5.41, 5.74) is 3.35. The van der Waals surface area contributed by atoms with E-state index in [2.05, 4.69) is 211 Å². The quantitative estimate of drug-likeness (QED) is 0.0939. The molecule has 2 fully saturated rings. The number of hydrogen-bond donors (Lipinski definition) is 0. The third-order valence-corrected chi connectivity index (χ3v) is 18.7. The van der Waals surface area contributed by atoms with Gasteiger partial charge in [0.15, 0.2) is 0 Å². The van der Waals surface area contributed by atoms with Crippen molar-refractivity contribution >= 4 is 111 Å². The van der Waals surface area contributed by atoms with Gasteiger partial charge in [-0.05, 0) is 154 Å². The Morgan fingerprint density at radius 3 is 0.915 bits per heavy atom. The second-order valence-corrected chi connectivity index (χ2v) is 25.0. The molecule has 8 aromatic carbocycles. The fourth-order valence-corrected chi connectivity index (χ4v) is 14.8. The molecule has 13 rings (SSSR count). The first-order valence-corrected chi connectivity index (χ1v) is 31.3. The Hall–Kier alpha value is -5.59. The van der Waals surface area contributed by atoms with Gasteiger partial charge in [-0.3, -0.25) is 9.05 Å². The van der Waals surface area contributed by atoms with Gasteiger partial charge >= 0.3 is 23.7 Å². The zero-order valence-corrected chi connectivity index (χ0v) is 51.0. The molecule has 2 saturated carbocycles. The fourth-order valence-electron chi connectivity index (χ4n) is 12.3. The summed E-state index contributed by atoms with van der Waals surface area (Å²) in [5, 5.41) is 13.8. The Bertz CT molecular complexity index is 3470. The van der Waals surface area contributed by atoms with Crippen LogP contribution in [0, 0.1) is 35.5 Å². The Labute approximate surface area is 493 Å². The van der Waals surface area contributed by atoms with Crippen molar-refractivity contribution in [2.24, 2.45) is 35.5 Å². The van der Waals surface area contributed by atoms with Gasteiger partial charge in [-0.2, -0.15) is 0 Å².